The molecule has 4 aromatic rings. The van der Waals surface area contributed by atoms with Gasteiger partial charge in [0.1, 0.15) is 22.9 Å². The number of phenols is 3. The zero-order chi connectivity index (χ0) is 18.1. The van der Waals surface area contributed by atoms with E-state index in [1.807, 2.05) is 0 Å². The number of rotatable bonds is 3. The Labute approximate surface area is 149 Å². The van der Waals surface area contributed by atoms with E-state index >= 15 is 0 Å². The second kappa shape index (κ2) is 6.29. The van der Waals surface area contributed by atoms with Crippen LogP contribution in [0.25, 0.3) is 33.7 Å². The van der Waals surface area contributed by atoms with Gasteiger partial charge in [-0.1, -0.05) is 29.4 Å². The topological polar surface area (TPSA) is 86.7 Å². The zero-order valence-electron chi connectivity index (χ0n) is 13.6. The normalized spacial score (nSPS) is 10.8. The van der Waals surface area contributed by atoms with Crippen molar-refractivity contribution in [3.63, 3.8) is 0 Å². The molecule has 0 aliphatic carbocycles. The summed E-state index contributed by atoms with van der Waals surface area (Å²) < 4.78 is 5.60. The minimum Gasteiger partial charge on any atom is -0.508 e. The van der Waals surface area contributed by atoms with Crippen molar-refractivity contribution in [2.75, 3.05) is 0 Å². The minimum atomic E-state index is 0.0842. The first-order chi connectivity index (χ1) is 12.6. The number of aromatic hydroxyl groups is 3. The Morgan fingerprint density at radius 3 is 1.85 bits per heavy atom. The average molecular weight is 345 g/mol. The molecule has 3 N–H and O–H groups in total. The lowest BCUT2D eigenvalue weighted by Crippen LogP contribution is -1.85. The van der Waals surface area contributed by atoms with Gasteiger partial charge in [0.2, 0.25) is 0 Å². The molecule has 0 bridgehead atoms. The lowest BCUT2D eigenvalue weighted by Gasteiger charge is -2.07. The fourth-order valence-electron chi connectivity index (χ4n) is 2.85. The number of para-hydroxylation sites is 1. The van der Waals surface area contributed by atoms with Crippen LogP contribution in [0.1, 0.15) is 0 Å². The Balaban J connectivity index is 1.97. The van der Waals surface area contributed by atoms with Gasteiger partial charge in [0.15, 0.2) is 5.76 Å². The van der Waals surface area contributed by atoms with Gasteiger partial charge < -0.3 is 19.8 Å². The molecule has 1 heterocycles. The molecule has 0 fully saturated rings. The fourth-order valence-corrected chi connectivity index (χ4v) is 2.85. The molecule has 5 heteroatoms. The van der Waals surface area contributed by atoms with E-state index in [1.165, 1.54) is 0 Å². The summed E-state index contributed by atoms with van der Waals surface area (Å²) in [6.07, 6.45) is 0. The standard InChI is InChI=1S/C21H15NO4/c23-15-9-5-13(6-10-15)19-20(14-7-11-16(24)12-8-14)22-26-21(19)17-3-1-2-4-18(17)25/h1-12,23-25H. The molecule has 4 rings (SSSR count). The summed E-state index contributed by atoms with van der Waals surface area (Å²) in [5.41, 5.74) is 3.33. The maximum Gasteiger partial charge on any atom is 0.179 e. The average Bonchev–Trinajstić information content (AvgIpc) is 3.08. The van der Waals surface area contributed by atoms with E-state index < -0.39 is 0 Å². The molecule has 5 nitrogen and oxygen atoms in total. The highest BCUT2D eigenvalue weighted by atomic mass is 16.5. The van der Waals surface area contributed by atoms with Crippen LogP contribution in [0, 0.1) is 0 Å². The molecule has 3 aromatic carbocycles. The molecule has 0 aliphatic heterocycles. The van der Waals surface area contributed by atoms with E-state index in [1.54, 1.807) is 72.8 Å². The van der Waals surface area contributed by atoms with Crippen LogP contribution in [0.4, 0.5) is 0 Å². The van der Waals surface area contributed by atoms with Crippen LogP contribution in [0.5, 0.6) is 17.2 Å². The quantitative estimate of drug-likeness (QED) is 0.497. The van der Waals surface area contributed by atoms with Crippen molar-refractivity contribution in [2.24, 2.45) is 0 Å². The van der Waals surface area contributed by atoms with E-state index in [2.05, 4.69) is 5.16 Å². The lowest BCUT2D eigenvalue weighted by molar-refractivity contribution is 0.428. The molecule has 0 spiro atoms. The number of hydrogen-bond donors (Lipinski definition) is 3. The molecular weight excluding hydrogens is 330 g/mol. The maximum absolute atomic E-state index is 10.2. The third-order valence-corrected chi connectivity index (χ3v) is 4.14. The first kappa shape index (κ1) is 15.8. The molecule has 0 amide bonds. The van der Waals surface area contributed by atoms with Crippen molar-refractivity contribution < 1.29 is 19.8 Å². The van der Waals surface area contributed by atoms with Crippen LogP contribution in [0.15, 0.2) is 77.3 Å². The van der Waals surface area contributed by atoms with Gasteiger partial charge >= 0.3 is 0 Å². The number of hydrogen-bond acceptors (Lipinski definition) is 5. The Kier molecular flexibility index (Phi) is 3.82. The van der Waals surface area contributed by atoms with Gasteiger partial charge in [-0.15, -0.1) is 0 Å². The molecule has 128 valence electrons. The number of phenolic OH excluding ortho intramolecular Hbond substituents is 3. The van der Waals surface area contributed by atoms with E-state index in [9.17, 15) is 15.3 Å². The molecule has 0 radical (unpaired) electrons. The summed E-state index contributed by atoms with van der Waals surface area (Å²) >= 11 is 0. The van der Waals surface area contributed by atoms with Crippen molar-refractivity contribution in [1.29, 1.82) is 0 Å². The van der Waals surface area contributed by atoms with Gasteiger partial charge in [0.25, 0.3) is 0 Å². The fraction of sp³-hybridized carbons (Fsp3) is 0. The van der Waals surface area contributed by atoms with Crippen molar-refractivity contribution in [1.82, 2.24) is 5.16 Å². The van der Waals surface area contributed by atoms with Crippen molar-refractivity contribution in [3.8, 4) is 51.0 Å². The van der Waals surface area contributed by atoms with Crippen LogP contribution < -0.4 is 0 Å². The minimum absolute atomic E-state index is 0.0842. The smallest absolute Gasteiger partial charge is 0.179 e. The summed E-state index contributed by atoms with van der Waals surface area (Å²) in [4.78, 5) is 0. The van der Waals surface area contributed by atoms with Crippen molar-refractivity contribution in [3.05, 3.63) is 72.8 Å². The number of aromatic nitrogens is 1. The largest absolute Gasteiger partial charge is 0.508 e. The highest BCUT2D eigenvalue weighted by Gasteiger charge is 2.22. The molecular formula is C21H15NO4. The van der Waals surface area contributed by atoms with Crippen LogP contribution in [-0.2, 0) is 0 Å². The summed E-state index contributed by atoms with van der Waals surface area (Å²) in [6, 6.07) is 20.2. The number of nitrogens with zero attached hydrogens (tertiary/aromatic N) is 1. The first-order valence-electron chi connectivity index (χ1n) is 8.00. The van der Waals surface area contributed by atoms with E-state index in [-0.39, 0.29) is 17.2 Å². The van der Waals surface area contributed by atoms with Gasteiger partial charge in [-0.25, -0.2) is 0 Å². The Morgan fingerprint density at radius 1 is 0.654 bits per heavy atom. The summed E-state index contributed by atoms with van der Waals surface area (Å²) in [6.45, 7) is 0. The van der Waals surface area contributed by atoms with Crippen LogP contribution >= 0.6 is 0 Å². The third kappa shape index (κ3) is 2.75. The van der Waals surface area contributed by atoms with Crippen LogP contribution in [-0.4, -0.2) is 20.5 Å². The van der Waals surface area contributed by atoms with Crippen molar-refractivity contribution in [2.45, 2.75) is 0 Å². The summed E-state index contributed by atoms with van der Waals surface area (Å²) in [5, 5.41) is 33.6. The van der Waals surface area contributed by atoms with E-state index in [0.717, 1.165) is 11.1 Å². The molecule has 26 heavy (non-hydrogen) atoms. The SMILES string of the molecule is Oc1ccc(-c2noc(-c3ccccc3O)c2-c2ccc(O)cc2)cc1. The van der Waals surface area contributed by atoms with Gasteiger partial charge in [-0.3, -0.25) is 0 Å². The summed E-state index contributed by atoms with van der Waals surface area (Å²) in [5.74, 6) is 0.822. The highest BCUT2D eigenvalue weighted by molar-refractivity contribution is 5.91. The molecule has 1 aromatic heterocycles. The Hall–Kier alpha value is -3.73. The van der Waals surface area contributed by atoms with Gasteiger partial charge in [-0.2, -0.15) is 0 Å². The molecule has 0 aliphatic rings. The lowest BCUT2D eigenvalue weighted by atomic mass is 9.96. The van der Waals surface area contributed by atoms with Gasteiger partial charge in [0.05, 0.1) is 11.1 Å². The second-order valence-electron chi connectivity index (χ2n) is 5.85. The molecule has 0 unspecified atom stereocenters. The highest BCUT2D eigenvalue weighted by Crippen LogP contribution is 2.42. The van der Waals surface area contributed by atoms with Gasteiger partial charge in [0, 0.05) is 5.56 Å². The predicted molar refractivity (Wildman–Crippen MR) is 97.8 cm³/mol. The monoisotopic (exact) mass is 345 g/mol. The third-order valence-electron chi connectivity index (χ3n) is 4.14. The zero-order valence-corrected chi connectivity index (χ0v) is 13.6. The Bertz CT molecular complexity index is 1050. The Morgan fingerprint density at radius 2 is 1.23 bits per heavy atom. The molecule has 0 saturated carbocycles. The number of benzene rings is 3. The second-order valence-corrected chi connectivity index (χ2v) is 5.85. The predicted octanol–water partition coefficient (Wildman–Crippen LogP) is 4.79. The summed E-state index contributed by atoms with van der Waals surface area (Å²) in [7, 11) is 0. The van der Waals surface area contributed by atoms with Crippen LogP contribution in [0.2, 0.25) is 0 Å². The molecule has 0 atom stereocenters. The van der Waals surface area contributed by atoms with Crippen molar-refractivity contribution >= 4 is 0 Å². The first-order valence-corrected chi connectivity index (χ1v) is 8.00. The molecule has 0 saturated heterocycles. The van der Waals surface area contributed by atoms with Gasteiger partial charge in [-0.05, 0) is 54.1 Å². The van der Waals surface area contributed by atoms with E-state index in [4.69, 9.17) is 4.52 Å². The maximum atomic E-state index is 10.2. The van der Waals surface area contributed by atoms with Crippen LogP contribution in [0.3, 0.4) is 0 Å². The van der Waals surface area contributed by atoms with E-state index in [0.29, 0.717) is 22.6 Å².